The summed E-state index contributed by atoms with van der Waals surface area (Å²) in [4.78, 5) is 41.8. The second-order valence-corrected chi connectivity index (χ2v) is 10.8. The highest BCUT2D eigenvalue weighted by Gasteiger charge is 2.76. The number of nitrogens with zero attached hydrogens (tertiary/aromatic N) is 1. The van der Waals surface area contributed by atoms with Crippen molar-refractivity contribution < 1.29 is 24.2 Å². The number of likely N-dealkylation sites (tertiary alicyclic amines) is 1. The van der Waals surface area contributed by atoms with E-state index in [1.807, 2.05) is 30.3 Å². The minimum atomic E-state index is -1.09. The van der Waals surface area contributed by atoms with Gasteiger partial charge in [0.25, 0.3) is 0 Å². The quantitative estimate of drug-likeness (QED) is 0.312. The van der Waals surface area contributed by atoms with Gasteiger partial charge in [-0.25, -0.2) is 0 Å². The molecule has 3 heterocycles. The largest absolute Gasteiger partial charge is 0.394 e. The normalized spacial score (nSPS) is 32.5. The van der Waals surface area contributed by atoms with E-state index in [1.54, 1.807) is 6.92 Å². The van der Waals surface area contributed by atoms with Gasteiger partial charge < -0.3 is 25.4 Å². The number of aliphatic hydroxyl groups excluding tert-OH is 1. The van der Waals surface area contributed by atoms with Crippen LogP contribution in [0, 0.1) is 11.8 Å². The predicted molar refractivity (Wildman–Crippen MR) is 130 cm³/mol. The summed E-state index contributed by atoms with van der Waals surface area (Å²) < 4.78 is 6.43. The van der Waals surface area contributed by atoms with Crippen molar-refractivity contribution in [2.24, 2.45) is 11.8 Å². The Morgan fingerprint density at radius 1 is 1.24 bits per heavy atom. The average Bonchev–Trinajstić information content (AvgIpc) is 3.43. The molecule has 1 aromatic rings. The molecule has 3 N–H and O–H groups in total. The van der Waals surface area contributed by atoms with Crippen molar-refractivity contribution >= 4 is 33.7 Å². The lowest BCUT2D eigenvalue weighted by molar-refractivity contribution is -0.145. The van der Waals surface area contributed by atoms with E-state index in [0.29, 0.717) is 19.5 Å². The maximum absolute atomic E-state index is 13.7. The van der Waals surface area contributed by atoms with Crippen LogP contribution in [0.1, 0.15) is 45.1 Å². The number of benzene rings is 1. The number of hydrogen-bond acceptors (Lipinski definition) is 5. The number of rotatable bonds is 10. The Hall–Kier alpha value is -1.97. The highest BCUT2D eigenvalue weighted by atomic mass is 79.9. The van der Waals surface area contributed by atoms with Crippen molar-refractivity contribution in [3.05, 3.63) is 35.9 Å². The molecule has 3 fully saturated rings. The fraction of sp³-hybridized carbons (Fsp3) is 0.640. The zero-order chi connectivity index (χ0) is 24.5. The number of carbonyl (C=O) groups excluding carboxylic acids is 3. The van der Waals surface area contributed by atoms with Crippen molar-refractivity contribution in [3.63, 3.8) is 0 Å². The number of amides is 3. The summed E-state index contributed by atoms with van der Waals surface area (Å²) in [7, 11) is 0. The molecule has 0 radical (unpaired) electrons. The Bertz CT molecular complexity index is 915. The maximum Gasteiger partial charge on any atom is 0.245 e. The third-order valence-electron chi connectivity index (χ3n) is 7.41. The van der Waals surface area contributed by atoms with Gasteiger partial charge in [-0.15, -0.1) is 0 Å². The molecule has 3 amide bonds. The zero-order valence-corrected chi connectivity index (χ0v) is 21.3. The topological polar surface area (TPSA) is 108 Å². The van der Waals surface area contributed by atoms with Gasteiger partial charge in [0.1, 0.15) is 11.6 Å². The number of hydrogen-bond donors (Lipinski definition) is 3. The van der Waals surface area contributed by atoms with Gasteiger partial charge in [0, 0.05) is 17.9 Å². The summed E-state index contributed by atoms with van der Waals surface area (Å²) in [5.74, 6) is -2.29. The molecule has 34 heavy (non-hydrogen) atoms. The average molecular weight is 536 g/mol. The number of halogens is 1. The van der Waals surface area contributed by atoms with Crippen LogP contribution in [-0.4, -0.2) is 69.5 Å². The first-order chi connectivity index (χ1) is 16.4. The Labute approximate surface area is 208 Å². The van der Waals surface area contributed by atoms with Gasteiger partial charge >= 0.3 is 0 Å². The molecule has 1 aromatic carbocycles. The number of unbranched alkanes of at least 4 members (excludes halogenated alkanes) is 2. The molecule has 0 saturated carbocycles. The second-order valence-electron chi connectivity index (χ2n) is 9.64. The molecule has 0 aromatic heterocycles. The van der Waals surface area contributed by atoms with E-state index < -0.39 is 35.6 Å². The van der Waals surface area contributed by atoms with Crippen LogP contribution in [0.3, 0.4) is 0 Å². The summed E-state index contributed by atoms with van der Waals surface area (Å²) in [5, 5.41) is 15.8. The van der Waals surface area contributed by atoms with Gasteiger partial charge in [-0.3, -0.25) is 14.4 Å². The lowest BCUT2D eigenvalue weighted by Crippen LogP contribution is -2.57. The summed E-state index contributed by atoms with van der Waals surface area (Å²) in [6.07, 6.45) is 2.85. The summed E-state index contributed by atoms with van der Waals surface area (Å²) in [6.45, 7) is 4.40. The monoisotopic (exact) mass is 535 g/mol. The fourth-order valence-corrected chi connectivity index (χ4v) is 6.76. The fourth-order valence-electron chi connectivity index (χ4n) is 5.82. The van der Waals surface area contributed by atoms with E-state index in [0.717, 1.165) is 24.8 Å². The molecule has 1 spiro atoms. The van der Waals surface area contributed by atoms with E-state index >= 15 is 0 Å². The van der Waals surface area contributed by atoms with Crippen LogP contribution in [0.5, 0.6) is 0 Å². The highest BCUT2D eigenvalue weighted by molar-refractivity contribution is 9.09. The molecule has 186 valence electrons. The number of ether oxygens (including phenoxy) is 1. The molecular formula is C25H34BrN3O5. The van der Waals surface area contributed by atoms with Crippen LogP contribution in [0.4, 0.5) is 0 Å². The van der Waals surface area contributed by atoms with Crippen molar-refractivity contribution in [2.75, 3.05) is 13.2 Å². The van der Waals surface area contributed by atoms with Crippen molar-refractivity contribution in [2.45, 2.75) is 74.7 Å². The van der Waals surface area contributed by atoms with E-state index in [-0.39, 0.29) is 29.2 Å². The molecule has 3 aliphatic heterocycles. The van der Waals surface area contributed by atoms with Crippen LogP contribution in [0.2, 0.25) is 0 Å². The van der Waals surface area contributed by atoms with E-state index in [1.165, 1.54) is 4.90 Å². The minimum Gasteiger partial charge on any atom is -0.394 e. The van der Waals surface area contributed by atoms with Gasteiger partial charge in [0.2, 0.25) is 17.7 Å². The molecule has 8 nitrogen and oxygen atoms in total. The Kier molecular flexibility index (Phi) is 7.64. The van der Waals surface area contributed by atoms with Gasteiger partial charge in [0.15, 0.2) is 0 Å². The van der Waals surface area contributed by atoms with Crippen LogP contribution in [-0.2, 0) is 25.7 Å². The summed E-state index contributed by atoms with van der Waals surface area (Å²) >= 11 is 3.66. The molecule has 3 unspecified atom stereocenters. The van der Waals surface area contributed by atoms with Crippen molar-refractivity contribution in [3.8, 4) is 0 Å². The van der Waals surface area contributed by atoms with Gasteiger partial charge in [0.05, 0.1) is 30.6 Å². The number of carbonyl (C=O) groups is 3. The molecule has 0 aliphatic carbocycles. The molecule has 3 saturated heterocycles. The summed E-state index contributed by atoms with van der Waals surface area (Å²) in [5.41, 5.74) is -0.134. The molecule has 3 aliphatic rings. The third kappa shape index (κ3) is 4.27. The second kappa shape index (κ2) is 10.3. The Morgan fingerprint density at radius 3 is 2.65 bits per heavy atom. The van der Waals surface area contributed by atoms with Gasteiger partial charge in [-0.2, -0.15) is 0 Å². The Balaban J connectivity index is 1.60. The maximum atomic E-state index is 13.7. The SMILES string of the molecule is CCCCCNC(=O)C1N([C@H](C)CO)C(=O)[C@@H]2[C@@H](C(=O)NCc3ccccc3)[C@@H]3OC12CC3Br. The third-order valence-corrected chi connectivity index (χ3v) is 8.25. The molecular weight excluding hydrogens is 502 g/mol. The molecule has 9 heteroatoms. The number of aliphatic hydroxyl groups is 1. The molecule has 4 rings (SSSR count). The van der Waals surface area contributed by atoms with Crippen LogP contribution < -0.4 is 10.6 Å². The van der Waals surface area contributed by atoms with E-state index in [2.05, 4.69) is 33.5 Å². The Morgan fingerprint density at radius 2 is 1.97 bits per heavy atom. The van der Waals surface area contributed by atoms with Crippen LogP contribution in [0.15, 0.2) is 30.3 Å². The number of alkyl halides is 1. The van der Waals surface area contributed by atoms with Crippen LogP contribution in [0.25, 0.3) is 0 Å². The first kappa shape index (κ1) is 25.1. The van der Waals surface area contributed by atoms with Gasteiger partial charge in [-0.05, 0) is 25.3 Å². The first-order valence-corrected chi connectivity index (χ1v) is 13.1. The highest BCUT2D eigenvalue weighted by Crippen LogP contribution is 2.60. The van der Waals surface area contributed by atoms with Crippen LogP contribution >= 0.6 is 15.9 Å². The number of nitrogens with one attached hydrogen (secondary N) is 2. The van der Waals surface area contributed by atoms with E-state index in [9.17, 15) is 19.5 Å². The van der Waals surface area contributed by atoms with Crippen molar-refractivity contribution in [1.29, 1.82) is 0 Å². The number of fused-ring (bicyclic) bond motifs is 1. The molecule has 7 atom stereocenters. The molecule has 2 bridgehead atoms. The minimum absolute atomic E-state index is 0.149. The smallest absolute Gasteiger partial charge is 0.245 e. The standard InChI is InChI=1S/C25H34BrN3O5/c1-3-4-8-11-27-23(32)21-25-12-17(26)20(34-25)18(19(25)24(33)29(21)15(2)14-30)22(31)28-13-16-9-6-5-7-10-16/h5-7,9-10,15,17-21,30H,3-4,8,11-14H2,1-2H3,(H,27,32)(H,28,31)/t15-,17?,18-,19+,20-,21?,25?/m1/s1. The van der Waals surface area contributed by atoms with E-state index in [4.69, 9.17) is 4.74 Å². The lowest BCUT2D eigenvalue weighted by Gasteiger charge is -2.35. The van der Waals surface area contributed by atoms with Crippen molar-refractivity contribution in [1.82, 2.24) is 15.5 Å². The predicted octanol–water partition coefficient (Wildman–Crippen LogP) is 1.74. The summed E-state index contributed by atoms with van der Waals surface area (Å²) in [6, 6.07) is 8.13. The lowest BCUT2D eigenvalue weighted by atomic mass is 9.70. The first-order valence-electron chi connectivity index (χ1n) is 12.2. The zero-order valence-electron chi connectivity index (χ0n) is 19.7. The van der Waals surface area contributed by atoms with Gasteiger partial charge in [-0.1, -0.05) is 66.0 Å².